The van der Waals surface area contributed by atoms with Crippen LogP contribution in [0.25, 0.3) is 0 Å². The summed E-state index contributed by atoms with van der Waals surface area (Å²) in [6.45, 7) is 5.63. The highest BCUT2D eigenvalue weighted by Crippen LogP contribution is 2.24. The van der Waals surface area contributed by atoms with Crippen LogP contribution >= 0.6 is 0 Å². The number of likely N-dealkylation sites (tertiary alicyclic amines) is 2. The van der Waals surface area contributed by atoms with E-state index in [2.05, 4.69) is 4.90 Å². The summed E-state index contributed by atoms with van der Waals surface area (Å²) in [7, 11) is 0. The Bertz CT molecular complexity index is 743. The second kappa shape index (κ2) is 9.73. The molecule has 2 saturated heterocycles. The largest absolute Gasteiger partial charge is 0.343 e. The topological polar surface area (TPSA) is 60.9 Å². The number of piperidine rings is 1. The molecule has 6 heteroatoms. The minimum absolute atomic E-state index is 0.153. The number of benzene rings is 1. The summed E-state index contributed by atoms with van der Waals surface area (Å²) in [4.78, 5) is 43.3. The van der Waals surface area contributed by atoms with Gasteiger partial charge in [0.2, 0.25) is 5.91 Å². The monoisotopic (exact) mass is 411 g/mol. The van der Waals surface area contributed by atoms with Crippen LogP contribution in [0.15, 0.2) is 24.3 Å². The van der Waals surface area contributed by atoms with E-state index in [0.29, 0.717) is 36.4 Å². The van der Waals surface area contributed by atoms with Gasteiger partial charge >= 0.3 is 0 Å². The van der Waals surface area contributed by atoms with Gasteiger partial charge in [0.25, 0.3) is 11.8 Å². The SMILES string of the molecule is O=C(CCCN1C(=O)c2ccccc2C1=O)N1CCC(CN2CCCCCC2)CC1. The van der Waals surface area contributed by atoms with Gasteiger partial charge in [0.15, 0.2) is 0 Å². The quantitative estimate of drug-likeness (QED) is 0.675. The van der Waals surface area contributed by atoms with Gasteiger partial charge in [0, 0.05) is 32.6 Å². The Morgan fingerprint density at radius 2 is 1.47 bits per heavy atom. The van der Waals surface area contributed by atoms with Gasteiger partial charge in [-0.25, -0.2) is 0 Å². The van der Waals surface area contributed by atoms with Crippen molar-refractivity contribution in [3.8, 4) is 0 Å². The van der Waals surface area contributed by atoms with Gasteiger partial charge in [-0.15, -0.1) is 0 Å². The summed E-state index contributed by atoms with van der Waals surface area (Å²) in [6, 6.07) is 6.92. The molecular weight excluding hydrogens is 378 g/mol. The molecule has 3 aliphatic heterocycles. The van der Waals surface area contributed by atoms with Crippen LogP contribution in [-0.4, -0.2) is 71.7 Å². The van der Waals surface area contributed by atoms with Crippen LogP contribution in [0, 0.1) is 5.92 Å². The number of nitrogens with zero attached hydrogens (tertiary/aromatic N) is 3. The molecule has 1 aromatic carbocycles. The number of amides is 3. The van der Waals surface area contributed by atoms with Crippen LogP contribution in [-0.2, 0) is 4.79 Å². The molecule has 0 N–H and O–H groups in total. The maximum absolute atomic E-state index is 12.6. The molecule has 3 heterocycles. The molecule has 0 radical (unpaired) electrons. The summed E-state index contributed by atoms with van der Waals surface area (Å²) in [6.07, 6.45) is 8.46. The molecule has 6 nitrogen and oxygen atoms in total. The van der Waals surface area contributed by atoms with Crippen molar-refractivity contribution in [2.75, 3.05) is 39.3 Å². The summed E-state index contributed by atoms with van der Waals surface area (Å²) in [5, 5.41) is 0. The molecule has 4 rings (SSSR count). The van der Waals surface area contributed by atoms with Gasteiger partial charge < -0.3 is 9.80 Å². The van der Waals surface area contributed by atoms with E-state index in [1.165, 1.54) is 50.2 Å². The molecule has 1 aromatic rings. The molecule has 3 amide bonds. The second-order valence-electron chi connectivity index (χ2n) is 8.95. The fourth-order valence-corrected chi connectivity index (χ4v) is 5.04. The summed E-state index contributed by atoms with van der Waals surface area (Å²) >= 11 is 0. The van der Waals surface area contributed by atoms with Crippen LogP contribution in [0.5, 0.6) is 0 Å². The first-order valence-electron chi connectivity index (χ1n) is 11.6. The Morgan fingerprint density at radius 1 is 0.867 bits per heavy atom. The zero-order valence-electron chi connectivity index (χ0n) is 17.9. The van der Waals surface area contributed by atoms with E-state index in [1.807, 2.05) is 4.90 Å². The Morgan fingerprint density at radius 3 is 2.07 bits per heavy atom. The average molecular weight is 412 g/mol. The maximum Gasteiger partial charge on any atom is 0.261 e. The third kappa shape index (κ3) is 4.75. The number of hydrogen-bond donors (Lipinski definition) is 0. The number of hydrogen-bond acceptors (Lipinski definition) is 4. The standard InChI is InChI=1S/C24H33N3O3/c28-22(10-7-15-27-23(29)20-8-3-4-9-21(20)24(27)30)26-16-11-19(12-17-26)18-25-13-5-1-2-6-14-25/h3-4,8-9,19H,1-2,5-7,10-18H2. The Labute approximate surface area is 179 Å². The van der Waals surface area contributed by atoms with E-state index in [4.69, 9.17) is 0 Å². The zero-order chi connectivity index (χ0) is 20.9. The van der Waals surface area contributed by atoms with Gasteiger partial charge in [-0.3, -0.25) is 19.3 Å². The maximum atomic E-state index is 12.6. The van der Waals surface area contributed by atoms with Gasteiger partial charge in [-0.05, 0) is 63.2 Å². The van der Waals surface area contributed by atoms with Crippen molar-refractivity contribution in [2.45, 2.75) is 51.4 Å². The van der Waals surface area contributed by atoms with Gasteiger partial charge in [0.1, 0.15) is 0 Å². The van der Waals surface area contributed by atoms with Crippen molar-refractivity contribution in [3.05, 3.63) is 35.4 Å². The molecule has 3 aliphatic rings. The highest BCUT2D eigenvalue weighted by Gasteiger charge is 2.34. The van der Waals surface area contributed by atoms with Gasteiger partial charge in [0.05, 0.1) is 11.1 Å². The van der Waals surface area contributed by atoms with Crippen molar-refractivity contribution in [2.24, 2.45) is 5.92 Å². The summed E-state index contributed by atoms with van der Waals surface area (Å²) < 4.78 is 0. The number of imide groups is 1. The number of fused-ring (bicyclic) bond motifs is 1. The molecule has 162 valence electrons. The van der Waals surface area contributed by atoms with Crippen LogP contribution < -0.4 is 0 Å². The molecule has 0 spiro atoms. The lowest BCUT2D eigenvalue weighted by atomic mass is 9.95. The first-order chi connectivity index (χ1) is 14.6. The molecule has 0 saturated carbocycles. The van der Waals surface area contributed by atoms with E-state index in [0.717, 1.165) is 25.9 Å². The molecule has 0 aliphatic carbocycles. The average Bonchev–Trinajstić information content (AvgIpc) is 2.94. The van der Waals surface area contributed by atoms with Crippen molar-refractivity contribution < 1.29 is 14.4 Å². The van der Waals surface area contributed by atoms with Crippen LogP contribution in [0.2, 0.25) is 0 Å². The molecule has 0 bridgehead atoms. The summed E-state index contributed by atoms with van der Waals surface area (Å²) in [5.41, 5.74) is 0.945. The third-order valence-corrected chi connectivity index (χ3v) is 6.83. The van der Waals surface area contributed by atoms with E-state index in [9.17, 15) is 14.4 Å². The van der Waals surface area contributed by atoms with Crippen LogP contribution in [0.3, 0.4) is 0 Å². The van der Waals surface area contributed by atoms with Gasteiger partial charge in [-0.2, -0.15) is 0 Å². The van der Waals surface area contributed by atoms with Crippen LogP contribution in [0.4, 0.5) is 0 Å². The predicted octanol–water partition coefficient (Wildman–Crippen LogP) is 3.18. The van der Waals surface area contributed by atoms with E-state index < -0.39 is 0 Å². The van der Waals surface area contributed by atoms with Gasteiger partial charge in [-0.1, -0.05) is 25.0 Å². The lowest BCUT2D eigenvalue weighted by Gasteiger charge is -2.34. The lowest BCUT2D eigenvalue weighted by Crippen LogP contribution is -2.42. The zero-order valence-corrected chi connectivity index (χ0v) is 17.9. The van der Waals surface area contributed by atoms with E-state index in [-0.39, 0.29) is 17.7 Å². The predicted molar refractivity (Wildman–Crippen MR) is 115 cm³/mol. The molecule has 0 unspecified atom stereocenters. The highest BCUT2D eigenvalue weighted by molar-refractivity contribution is 6.21. The van der Waals surface area contributed by atoms with Crippen molar-refractivity contribution in [1.82, 2.24) is 14.7 Å². The number of carbonyl (C=O) groups is 3. The highest BCUT2D eigenvalue weighted by atomic mass is 16.2. The molecule has 0 atom stereocenters. The van der Waals surface area contributed by atoms with Crippen molar-refractivity contribution >= 4 is 17.7 Å². The third-order valence-electron chi connectivity index (χ3n) is 6.83. The molecule has 30 heavy (non-hydrogen) atoms. The Kier molecular flexibility index (Phi) is 6.82. The van der Waals surface area contributed by atoms with Crippen molar-refractivity contribution in [1.29, 1.82) is 0 Å². The van der Waals surface area contributed by atoms with Crippen LogP contribution in [0.1, 0.15) is 72.1 Å². The normalized spacial score (nSPS) is 21.1. The van der Waals surface area contributed by atoms with E-state index in [1.54, 1.807) is 24.3 Å². The molecular formula is C24H33N3O3. The fraction of sp³-hybridized carbons (Fsp3) is 0.625. The summed E-state index contributed by atoms with van der Waals surface area (Å²) in [5.74, 6) is 0.375. The van der Waals surface area contributed by atoms with E-state index >= 15 is 0 Å². The minimum Gasteiger partial charge on any atom is -0.343 e. The van der Waals surface area contributed by atoms with Crippen molar-refractivity contribution in [3.63, 3.8) is 0 Å². The second-order valence-corrected chi connectivity index (χ2v) is 8.95. The lowest BCUT2D eigenvalue weighted by molar-refractivity contribution is -0.132. The first kappa shape index (κ1) is 21.0. The first-order valence-corrected chi connectivity index (χ1v) is 11.6. The Balaban J connectivity index is 1.18. The molecule has 0 aromatic heterocycles. The Hall–Kier alpha value is -2.21. The molecule has 2 fully saturated rings. The minimum atomic E-state index is -0.239. The number of rotatable bonds is 6. The number of carbonyl (C=O) groups excluding carboxylic acids is 3. The smallest absolute Gasteiger partial charge is 0.261 e. The fourth-order valence-electron chi connectivity index (χ4n) is 5.04.